The van der Waals surface area contributed by atoms with Crippen molar-refractivity contribution in [3.63, 3.8) is 0 Å². The van der Waals surface area contributed by atoms with Crippen LogP contribution < -0.4 is 5.32 Å². The van der Waals surface area contributed by atoms with E-state index in [2.05, 4.69) is 22.1 Å². The fourth-order valence-electron chi connectivity index (χ4n) is 2.29. The number of amides is 2. The zero-order chi connectivity index (χ0) is 14.5. The minimum atomic E-state index is -0.379. The third-order valence-electron chi connectivity index (χ3n) is 3.35. The van der Waals surface area contributed by atoms with E-state index in [1.54, 1.807) is 6.20 Å². The van der Waals surface area contributed by atoms with E-state index >= 15 is 0 Å². The molecule has 0 aromatic carbocycles. The first-order valence-electron chi connectivity index (χ1n) is 6.73. The van der Waals surface area contributed by atoms with Crippen LogP contribution in [0.15, 0.2) is 12.4 Å². The van der Waals surface area contributed by atoms with E-state index in [-0.39, 0.29) is 18.5 Å². The normalized spacial score (nSPS) is 18.7. The summed E-state index contributed by atoms with van der Waals surface area (Å²) >= 11 is 0. The standard InChI is InChI=1S/C13H20N4O3/c1-10-4-3-5-16(7-10)13(19)15-11-6-14-17(8-11)9-12(18)20-2/h6,8,10H,3-5,7,9H2,1-2H3,(H,15,19). The molecule has 7 nitrogen and oxygen atoms in total. The van der Waals surface area contributed by atoms with Crippen molar-refractivity contribution in [2.24, 2.45) is 5.92 Å². The predicted octanol–water partition coefficient (Wildman–Crippen LogP) is 1.32. The number of rotatable bonds is 3. The van der Waals surface area contributed by atoms with Crippen molar-refractivity contribution in [3.05, 3.63) is 12.4 Å². The summed E-state index contributed by atoms with van der Waals surface area (Å²) in [5.41, 5.74) is 0.581. The highest BCUT2D eigenvalue weighted by molar-refractivity contribution is 5.89. The molecule has 1 saturated heterocycles. The number of urea groups is 1. The Morgan fingerprint density at radius 1 is 1.55 bits per heavy atom. The van der Waals surface area contributed by atoms with Gasteiger partial charge in [0.15, 0.2) is 0 Å². The van der Waals surface area contributed by atoms with Gasteiger partial charge >= 0.3 is 12.0 Å². The van der Waals surface area contributed by atoms with Gasteiger partial charge in [0.1, 0.15) is 6.54 Å². The number of likely N-dealkylation sites (tertiary alicyclic amines) is 1. The Hall–Kier alpha value is -2.05. The number of ether oxygens (including phenoxy) is 1. The number of aromatic nitrogens is 2. The van der Waals surface area contributed by atoms with Gasteiger partial charge in [-0.15, -0.1) is 0 Å². The van der Waals surface area contributed by atoms with Crippen molar-refractivity contribution in [2.75, 3.05) is 25.5 Å². The molecule has 0 radical (unpaired) electrons. The molecule has 0 bridgehead atoms. The molecule has 0 spiro atoms. The second-order valence-corrected chi connectivity index (χ2v) is 5.13. The molecule has 2 heterocycles. The third-order valence-corrected chi connectivity index (χ3v) is 3.35. The van der Waals surface area contributed by atoms with Gasteiger partial charge in [-0.1, -0.05) is 6.92 Å². The molecule has 1 N–H and O–H groups in total. The maximum absolute atomic E-state index is 12.1. The smallest absolute Gasteiger partial charge is 0.327 e. The van der Waals surface area contributed by atoms with Crippen molar-refractivity contribution in [3.8, 4) is 0 Å². The van der Waals surface area contributed by atoms with Crippen LogP contribution in [0.5, 0.6) is 0 Å². The summed E-state index contributed by atoms with van der Waals surface area (Å²) in [6.45, 7) is 3.75. The van der Waals surface area contributed by atoms with Crippen molar-refractivity contribution in [2.45, 2.75) is 26.3 Å². The Bertz CT molecular complexity index is 486. The van der Waals surface area contributed by atoms with E-state index in [1.165, 1.54) is 24.4 Å². The molecule has 1 atom stereocenters. The van der Waals surface area contributed by atoms with Crippen LogP contribution in [-0.2, 0) is 16.1 Å². The lowest BCUT2D eigenvalue weighted by molar-refractivity contribution is -0.141. The number of carbonyl (C=O) groups excluding carboxylic acids is 2. The molecule has 0 saturated carbocycles. The lowest BCUT2D eigenvalue weighted by atomic mass is 10.0. The lowest BCUT2D eigenvalue weighted by Crippen LogP contribution is -2.41. The second kappa shape index (κ2) is 6.40. The zero-order valence-corrected chi connectivity index (χ0v) is 11.8. The molecule has 1 unspecified atom stereocenters. The highest BCUT2D eigenvalue weighted by Crippen LogP contribution is 2.16. The topological polar surface area (TPSA) is 76.5 Å². The van der Waals surface area contributed by atoms with Crippen molar-refractivity contribution < 1.29 is 14.3 Å². The van der Waals surface area contributed by atoms with Gasteiger partial charge < -0.3 is 15.0 Å². The largest absolute Gasteiger partial charge is 0.468 e. The minimum absolute atomic E-state index is 0.0348. The van der Waals surface area contributed by atoms with Gasteiger partial charge in [-0.2, -0.15) is 5.10 Å². The summed E-state index contributed by atoms with van der Waals surface area (Å²) in [4.78, 5) is 25.0. The van der Waals surface area contributed by atoms with Crippen LogP contribution in [0.3, 0.4) is 0 Å². The number of hydrogen-bond acceptors (Lipinski definition) is 4. The average molecular weight is 280 g/mol. The summed E-state index contributed by atoms with van der Waals surface area (Å²) in [6.07, 6.45) is 5.34. The lowest BCUT2D eigenvalue weighted by Gasteiger charge is -2.30. The molecule has 2 rings (SSSR count). The number of anilines is 1. The number of methoxy groups -OCH3 is 1. The highest BCUT2D eigenvalue weighted by Gasteiger charge is 2.21. The Morgan fingerprint density at radius 2 is 2.35 bits per heavy atom. The van der Waals surface area contributed by atoms with Crippen LogP contribution in [0.2, 0.25) is 0 Å². The summed E-state index contributed by atoms with van der Waals surface area (Å²) in [7, 11) is 1.33. The minimum Gasteiger partial charge on any atom is -0.468 e. The number of hydrogen-bond donors (Lipinski definition) is 1. The van der Waals surface area contributed by atoms with E-state index in [9.17, 15) is 9.59 Å². The van der Waals surface area contributed by atoms with E-state index in [4.69, 9.17) is 0 Å². The molecular weight excluding hydrogens is 260 g/mol. The van der Waals surface area contributed by atoms with E-state index < -0.39 is 0 Å². The van der Waals surface area contributed by atoms with E-state index in [0.29, 0.717) is 11.6 Å². The molecule has 1 aromatic rings. The number of piperidine rings is 1. The monoisotopic (exact) mass is 280 g/mol. The molecule has 1 aliphatic heterocycles. The first-order valence-corrected chi connectivity index (χ1v) is 6.73. The van der Waals surface area contributed by atoms with Crippen molar-refractivity contribution in [1.29, 1.82) is 0 Å². The molecule has 2 amide bonds. The van der Waals surface area contributed by atoms with Crippen LogP contribution in [0.25, 0.3) is 0 Å². The van der Waals surface area contributed by atoms with Gasteiger partial charge in [0, 0.05) is 19.3 Å². The Balaban J connectivity index is 1.89. The van der Waals surface area contributed by atoms with Crippen LogP contribution >= 0.6 is 0 Å². The van der Waals surface area contributed by atoms with Crippen molar-refractivity contribution in [1.82, 2.24) is 14.7 Å². The molecule has 7 heteroatoms. The maximum atomic E-state index is 12.1. The average Bonchev–Trinajstić information content (AvgIpc) is 2.85. The summed E-state index contributed by atoms with van der Waals surface area (Å²) in [6, 6.07) is -0.117. The third kappa shape index (κ3) is 3.72. The Morgan fingerprint density at radius 3 is 3.05 bits per heavy atom. The van der Waals surface area contributed by atoms with Crippen LogP contribution in [0.1, 0.15) is 19.8 Å². The molecule has 20 heavy (non-hydrogen) atoms. The summed E-state index contributed by atoms with van der Waals surface area (Å²) < 4.78 is 5.99. The molecular formula is C13H20N4O3. The number of nitrogens with one attached hydrogen (secondary N) is 1. The molecule has 1 aromatic heterocycles. The van der Waals surface area contributed by atoms with Gasteiger partial charge in [-0.25, -0.2) is 4.79 Å². The quantitative estimate of drug-likeness (QED) is 0.847. The highest BCUT2D eigenvalue weighted by atomic mass is 16.5. The van der Waals surface area contributed by atoms with Gasteiger partial charge in [0.25, 0.3) is 0 Å². The maximum Gasteiger partial charge on any atom is 0.327 e. The zero-order valence-electron chi connectivity index (χ0n) is 11.8. The van der Waals surface area contributed by atoms with Gasteiger partial charge in [0.2, 0.25) is 0 Å². The summed E-state index contributed by atoms with van der Waals surface area (Å²) in [5.74, 6) is 0.160. The summed E-state index contributed by atoms with van der Waals surface area (Å²) in [5, 5.41) is 6.80. The van der Waals surface area contributed by atoms with Crippen LogP contribution in [0.4, 0.5) is 10.5 Å². The predicted molar refractivity (Wildman–Crippen MR) is 73.2 cm³/mol. The van der Waals surface area contributed by atoms with E-state index in [0.717, 1.165) is 19.5 Å². The first-order chi connectivity index (χ1) is 9.58. The molecule has 110 valence electrons. The van der Waals surface area contributed by atoms with Crippen molar-refractivity contribution >= 4 is 17.7 Å². The Kier molecular flexibility index (Phi) is 4.60. The fourth-order valence-corrected chi connectivity index (χ4v) is 2.29. The number of carbonyl (C=O) groups is 2. The first kappa shape index (κ1) is 14.4. The number of esters is 1. The van der Waals surface area contributed by atoms with Gasteiger partial charge in [-0.05, 0) is 18.8 Å². The SMILES string of the molecule is COC(=O)Cn1cc(NC(=O)N2CCCC(C)C2)cn1. The second-order valence-electron chi connectivity index (χ2n) is 5.13. The van der Waals surface area contributed by atoms with Crippen LogP contribution in [0, 0.1) is 5.92 Å². The molecule has 1 aliphatic rings. The molecule has 0 aliphatic carbocycles. The fraction of sp³-hybridized carbons (Fsp3) is 0.615. The van der Waals surface area contributed by atoms with Gasteiger partial charge in [-0.3, -0.25) is 9.48 Å². The molecule has 1 fully saturated rings. The van der Waals surface area contributed by atoms with Gasteiger partial charge in [0.05, 0.1) is 19.0 Å². The number of nitrogens with zero attached hydrogens (tertiary/aromatic N) is 3. The van der Waals surface area contributed by atoms with E-state index in [1.807, 2.05) is 4.90 Å². The Labute approximate surface area is 117 Å². The van der Waals surface area contributed by atoms with Crippen LogP contribution in [-0.4, -0.2) is 46.9 Å².